The molecular weight excluding hydrogens is 362 g/mol. The molecule has 1 fully saturated rings. The maximum absolute atomic E-state index is 12.8. The molecule has 2 aromatic rings. The molecule has 1 saturated carbocycles. The van der Waals surface area contributed by atoms with Crippen molar-refractivity contribution in [2.45, 2.75) is 52.4 Å². The van der Waals surface area contributed by atoms with Gasteiger partial charge in [-0.05, 0) is 26.2 Å². The zero-order valence-electron chi connectivity index (χ0n) is 16.0. The second-order valence-corrected chi connectivity index (χ2v) is 7.20. The molecule has 2 atom stereocenters. The molecule has 0 saturated heterocycles. The molecule has 9 heteroatoms. The van der Waals surface area contributed by atoms with E-state index in [4.69, 9.17) is 0 Å². The minimum absolute atomic E-state index is 0.208. The first-order valence-electron chi connectivity index (χ1n) is 9.58. The molecule has 2 aromatic heterocycles. The molecule has 0 unspecified atom stereocenters. The third-order valence-electron chi connectivity index (χ3n) is 4.98. The molecule has 150 valence electrons. The van der Waals surface area contributed by atoms with Crippen molar-refractivity contribution < 1.29 is 14.7 Å². The molecule has 0 aliphatic heterocycles. The Bertz CT molecular complexity index is 933. The number of carboxylic acids is 1. The van der Waals surface area contributed by atoms with Crippen LogP contribution in [-0.4, -0.2) is 31.6 Å². The van der Waals surface area contributed by atoms with Gasteiger partial charge in [-0.15, -0.1) is 0 Å². The fourth-order valence-electron chi connectivity index (χ4n) is 3.67. The lowest BCUT2D eigenvalue weighted by molar-refractivity contribution is -0.313. The quantitative estimate of drug-likeness (QED) is 0.751. The summed E-state index contributed by atoms with van der Waals surface area (Å²) in [5.74, 6) is -2.48. The molecule has 3 rings (SSSR count). The number of hydrogen-bond acceptors (Lipinski definition) is 6. The van der Waals surface area contributed by atoms with Crippen LogP contribution in [0.2, 0.25) is 0 Å². The lowest BCUT2D eigenvalue weighted by atomic mass is 9.79. The first kappa shape index (κ1) is 19.8. The van der Waals surface area contributed by atoms with E-state index < -0.39 is 17.8 Å². The van der Waals surface area contributed by atoms with E-state index in [0.29, 0.717) is 36.5 Å². The highest BCUT2D eigenvalue weighted by Crippen LogP contribution is 2.31. The molecule has 1 aliphatic carbocycles. The second-order valence-electron chi connectivity index (χ2n) is 7.20. The van der Waals surface area contributed by atoms with Crippen molar-refractivity contribution in [3.05, 3.63) is 33.9 Å². The fraction of sp³-hybridized carbons (Fsp3) is 0.526. The smallest absolute Gasteiger partial charge is 0.252 e. The van der Waals surface area contributed by atoms with Crippen molar-refractivity contribution in [2.75, 3.05) is 5.32 Å². The Morgan fingerprint density at radius 2 is 2.00 bits per heavy atom. The van der Waals surface area contributed by atoms with E-state index in [0.717, 1.165) is 19.3 Å². The molecule has 1 amide bonds. The van der Waals surface area contributed by atoms with E-state index in [1.54, 1.807) is 13.0 Å². The Kier molecular flexibility index (Phi) is 5.91. The number of aliphatic carboxylic acids is 1. The van der Waals surface area contributed by atoms with Gasteiger partial charge in [0, 0.05) is 35.6 Å². The Morgan fingerprint density at radius 1 is 1.29 bits per heavy atom. The second kappa shape index (κ2) is 8.37. The van der Waals surface area contributed by atoms with Gasteiger partial charge in [0.05, 0.1) is 5.69 Å². The van der Waals surface area contributed by atoms with Gasteiger partial charge in [0.2, 0.25) is 11.9 Å². The summed E-state index contributed by atoms with van der Waals surface area (Å²) in [6.07, 6.45) is 3.99. The lowest BCUT2D eigenvalue weighted by Crippen LogP contribution is -2.42. The van der Waals surface area contributed by atoms with Crippen LogP contribution in [0, 0.1) is 18.8 Å². The number of anilines is 1. The van der Waals surface area contributed by atoms with Gasteiger partial charge in [-0.25, -0.2) is 4.98 Å². The number of amides is 1. The molecular formula is C19H24N5O4-. The maximum atomic E-state index is 12.8. The number of nitrogens with one attached hydrogen (secondary N) is 2. The van der Waals surface area contributed by atoms with Gasteiger partial charge < -0.3 is 15.2 Å². The van der Waals surface area contributed by atoms with Gasteiger partial charge in [-0.3, -0.25) is 14.6 Å². The highest BCUT2D eigenvalue weighted by molar-refractivity contribution is 5.94. The Hall–Kier alpha value is -2.97. The minimum atomic E-state index is -1.19. The molecule has 2 heterocycles. The number of aromatic amines is 1. The van der Waals surface area contributed by atoms with Gasteiger partial charge in [0.1, 0.15) is 5.82 Å². The van der Waals surface area contributed by atoms with Gasteiger partial charge in [0.15, 0.2) is 0 Å². The summed E-state index contributed by atoms with van der Waals surface area (Å²) in [6, 6.07) is 3.09. The molecule has 28 heavy (non-hydrogen) atoms. The minimum Gasteiger partial charge on any atom is -0.550 e. The van der Waals surface area contributed by atoms with Gasteiger partial charge in [0.25, 0.3) is 5.56 Å². The molecule has 1 aliphatic rings. The predicted octanol–water partition coefficient (Wildman–Crippen LogP) is 0.711. The molecule has 9 nitrogen and oxygen atoms in total. The van der Waals surface area contributed by atoms with Crippen molar-refractivity contribution in [2.24, 2.45) is 11.8 Å². The number of rotatable bonds is 6. The van der Waals surface area contributed by atoms with Gasteiger partial charge in [-0.1, -0.05) is 26.2 Å². The average molecular weight is 386 g/mol. The molecule has 0 aromatic carbocycles. The van der Waals surface area contributed by atoms with Crippen molar-refractivity contribution in [1.82, 2.24) is 19.7 Å². The van der Waals surface area contributed by atoms with E-state index in [2.05, 4.69) is 20.4 Å². The summed E-state index contributed by atoms with van der Waals surface area (Å²) in [4.78, 5) is 43.2. The Morgan fingerprint density at radius 3 is 2.68 bits per heavy atom. The molecule has 0 spiro atoms. The van der Waals surface area contributed by atoms with Crippen molar-refractivity contribution in [3.8, 4) is 5.95 Å². The van der Waals surface area contributed by atoms with E-state index in [1.165, 1.54) is 10.7 Å². The zero-order valence-corrected chi connectivity index (χ0v) is 16.0. The summed E-state index contributed by atoms with van der Waals surface area (Å²) in [5, 5.41) is 18.5. The average Bonchev–Trinajstić information content (AvgIpc) is 3.01. The predicted molar refractivity (Wildman–Crippen MR) is 99.8 cm³/mol. The number of hydrogen-bond donors (Lipinski definition) is 2. The van der Waals surface area contributed by atoms with E-state index >= 15 is 0 Å². The van der Waals surface area contributed by atoms with Crippen LogP contribution >= 0.6 is 0 Å². The van der Waals surface area contributed by atoms with Crippen LogP contribution in [0.5, 0.6) is 0 Å². The Labute approximate surface area is 162 Å². The lowest BCUT2D eigenvalue weighted by Gasteiger charge is -2.31. The normalized spacial score (nSPS) is 19.4. The Balaban J connectivity index is 1.89. The third-order valence-corrected chi connectivity index (χ3v) is 4.98. The number of carboxylic acid groups (broad SMARTS) is 1. The van der Waals surface area contributed by atoms with Gasteiger partial charge in [-0.2, -0.15) is 9.78 Å². The van der Waals surface area contributed by atoms with Crippen LogP contribution < -0.4 is 16.0 Å². The molecule has 2 N–H and O–H groups in total. The highest BCUT2D eigenvalue weighted by atomic mass is 16.4. The summed E-state index contributed by atoms with van der Waals surface area (Å²) in [7, 11) is 0. The largest absolute Gasteiger partial charge is 0.550 e. The number of aryl methyl sites for hydroxylation is 2. The van der Waals surface area contributed by atoms with E-state index in [9.17, 15) is 19.5 Å². The van der Waals surface area contributed by atoms with Crippen LogP contribution in [0.25, 0.3) is 5.95 Å². The molecule has 0 bridgehead atoms. The third kappa shape index (κ3) is 4.29. The van der Waals surface area contributed by atoms with Crippen molar-refractivity contribution in [3.63, 3.8) is 0 Å². The van der Waals surface area contributed by atoms with E-state index in [-0.39, 0.29) is 17.4 Å². The summed E-state index contributed by atoms with van der Waals surface area (Å²) in [6.45, 7) is 3.74. The van der Waals surface area contributed by atoms with Crippen molar-refractivity contribution >= 4 is 17.7 Å². The summed E-state index contributed by atoms with van der Waals surface area (Å²) >= 11 is 0. The fourth-order valence-corrected chi connectivity index (χ4v) is 3.67. The number of nitrogens with zero attached hydrogens (tertiary/aromatic N) is 3. The number of carbonyl (C=O) groups excluding carboxylic acids is 2. The first-order chi connectivity index (χ1) is 13.4. The van der Waals surface area contributed by atoms with Crippen LogP contribution in [0.4, 0.5) is 5.82 Å². The van der Waals surface area contributed by atoms with Crippen LogP contribution in [0.1, 0.15) is 50.4 Å². The SMILES string of the molecule is CCCc1cc(=O)[nH]c(-n2nc(C)cc2NC(=O)[C@@H]2CCCC[C@@H]2C(=O)[O-])n1. The monoisotopic (exact) mass is 386 g/mol. The zero-order chi connectivity index (χ0) is 20.3. The van der Waals surface area contributed by atoms with Crippen LogP contribution in [0.3, 0.4) is 0 Å². The van der Waals surface area contributed by atoms with Crippen LogP contribution in [0.15, 0.2) is 16.9 Å². The van der Waals surface area contributed by atoms with E-state index in [1.807, 2.05) is 6.92 Å². The first-order valence-corrected chi connectivity index (χ1v) is 9.58. The summed E-state index contributed by atoms with van der Waals surface area (Å²) < 4.78 is 1.37. The number of carbonyl (C=O) groups is 2. The number of H-pyrrole nitrogens is 1. The summed E-state index contributed by atoms with van der Waals surface area (Å²) in [5.41, 5.74) is 0.957. The number of aromatic nitrogens is 4. The standard InChI is InChI=1S/C19H25N5O4/c1-3-6-12-10-16(25)22-19(20-12)24-15(9-11(2)23-24)21-17(26)13-7-4-5-8-14(13)18(27)28/h9-10,13-14H,3-8H2,1-2H3,(H,21,26)(H,27,28)(H,20,22,25)/p-1/t13-,14+/m1/s1. The van der Waals surface area contributed by atoms with Crippen LogP contribution in [-0.2, 0) is 16.0 Å². The van der Waals surface area contributed by atoms with Crippen molar-refractivity contribution in [1.29, 1.82) is 0 Å². The highest BCUT2D eigenvalue weighted by Gasteiger charge is 2.32. The topological polar surface area (TPSA) is 133 Å². The maximum Gasteiger partial charge on any atom is 0.252 e. The van der Waals surface area contributed by atoms with Gasteiger partial charge >= 0.3 is 0 Å². The molecule has 0 radical (unpaired) electrons.